The Kier molecular flexibility index (Phi) is 3.56. The van der Waals surface area contributed by atoms with Crippen LogP contribution in [0.3, 0.4) is 0 Å². The van der Waals surface area contributed by atoms with Gasteiger partial charge in [-0.25, -0.2) is 5.90 Å². The lowest BCUT2D eigenvalue weighted by molar-refractivity contribution is -0.302. The Morgan fingerprint density at radius 1 is 1.15 bits per heavy atom. The van der Waals surface area contributed by atoms with Crippen LogP contribution < -0.4 is 5.90 Å². The van der Waals surface area contributed by atoms with E-state index in [2.05, 4.69) is 4.84 Å². The first-order valence-corrected chi connectivity index (χ1v) is 3.78. The first kappa shape index (κ1) is 10.8. The maximum absolute atomic E-state index is 9.23. The summed E-state index contributed by atoms with van der Waals surface area (Å²) in [5.74, 6) is 4.76. The second-order valence-corrected chi connectivity index (χ2v) is 2.83. The minimum Gasteiger partial charge on any atom is -0.394 e. The van der Waals surface area contributed by atoms with Crippen LogP contribution in [0.25, 0.3) is 0 Å². The van der Waals surface area contributed by atoms with Crippen LogP contribution in [-0.4, -0.2) is 57.7 Å². The maximum Gasteiger partial charge on any atom is 0.206 e. The van der Waals surface area contributed by atoms with Gasteiger partial charge in [0.25, 0.3) is 0 Å². The molecule has 0 aromatic carbocycles. The molecular weight excluding hydrogens is 182 g/mol. The summed E-state index contributed by atoms with van der Waals surface area (Å²) < 4.78 is 4.82. The van der Waals surface area contributed by atoms with E-state index in [1.165, 1.54) is 0 Å². The smallest absolute Gasteiger partial charge is 0.206 e. The second kappa shape index (κ2) is 4.29. The van der Waals surface area contributed by atoms with Crippen LogP contribution in [-0.2, 0) is 9.57 Å². The maximum atomic E-state index is 9.23. The molecule has 5 unspecified atom stereocenters. The van der Waals surface area contributed by atoms with Crippen LogP contribution in [0.4, 0.5) is 0 Å². The molecule has 78 valence electrons. The fourth-order valence-corrected chi connectivity index (χ4v) is 1.18. The Morgan fingerprint density at radius 2 is 1.77 bits per heavy atom. The summed E-state index contributed by atoms with van der Waals surface area (Å²) >= 11 is 0. The molecule has 1 aliphatic rings. The molecule has 1 heterocycles. The van der Waals surface area contributed by atoms with Gasteiger partial charge in [0.2, 0.25) is 6.29 Å². The zero-order chi connectivity index (χ0) is 10.0. The molecule has 1 aliphatic heterocycles. The van der Waals surface area contributed by atoms with Gasteiger partial charge in [-0.15, -0.1) is 0 Å². The average Bonchev–Trinajstić information content (AvgIpc) is 2.15. The van der Waals surface area contributed by atoms with Crippen molar-refractivity contribution in [3.05, 3.63) is 0 Å². The molecule has 0 bridgehead atoms. The molecule has 0 amide bonds. The van der Waals surface area contributed by atoms with Gasteiger partial charge >= 0.3 is 0 Å². The summed E-state index contributed by atoms with van der Waals surface area (Å²) in [6.07, 6.45) is -6.48. The number of ether oxygens (including phenoxy) is 1. The molecule has 0 aromatic rings. The number of rotatable bonds is 2. The molecule has 0 aliphatic carbocycles. The SMILES string of the molecule is NOC1OC(CO)C(O)C(O)C1O. The predicted octanol–water partition coefficient (Wildman–Crippen LogP) is -3.32. The molecule has 0 aromatic heterocycles. The van der Waals surface area contributed by atoms with Crippen molar-refractivity contribution in [1.29, 1.82) is 0 Å². The fraction of sp³-hybridized carbons (Fsp3) is 1.00. The highest BCUT2D eigenvalue weighted by Crippen LogP contribution is 2.20. The average molecular weight is 195 g/mol. The largest absolute Gasteiger partial charge is 0.394 e. The van der Waals surface area contributed by atoms with E-state index >= 15 is 0 Å². The third kappa shape index (κ3) is 1.97. The highest BCUT2D eigenvalue weighted by molar-refractivity contribution is 4.88. The summed E-state index contributed by atoms with van der Waals surface area (Å²) in [6, 6.07) is 0. The number of hydrogen-bond acceptors (Lipinski definition) is 7. The molecule has 5 atom stereocenters. The lowest BCUT2D eigenvalue weighted by Crippen LogP contribution is -2.59. The monoisotopic (exact) mass is 195 g/mol. The molecule has 0 saturated carbocycles. The summed E-state index contributed by atoms with van der Waals surface area (Å²) in [5.41, 5.74) is 0. The molecule has 6 N–H and O–H groups in total. The Labute approximate surface area is 74.3 Å². The Balaban J connectivity index is 2.66. The van der Waals surface area contributed by atoms with Crippen molar-refractivity contribution >= 4 is 0 Å². The number of hydrogen-bond donors (Lipinski definition) is 5. The Bertz CT molecular complexity index is 147. The van der Waals surface area contributed by atoms with E-state index in [0.717, 1.165) is 0 Å². The van der Waals surface area contributed by atoms with Gasteiger partial charge in [0.1, 0.15) is 24.4 Å². The van der Waals surface area contributed by atoms with Crippen molar-refractivity contribution in [1.82, 2.24) is 0 Å². The van der Waals surface area contributed by atoms with E-state index in [-0.39, 0.29) is 0 Å². The normalized spacial score (nSPS) is 46.4. The van der Waals surface area contributed by atoms with Gasteiger partial charge < -0.3 is 25.2 Å². The first-order valence-electron chi connectivity index (χ1n) is 3.78. The summed E-state index contributed by atoms with van der Waals surface area (Å²) in [5, 5.41) is 36.4. The van der Waals surface area contributed by atoms with E-state index in [1.54, 1.807) is 0 Å². The van der Waals surface area contributed by atoms with Crippen LogP contribution in [0.2, 0.25) is 0 Å². The number of aliphatic hydroxyl groups excluding tert-OH is 4. The van der Waals surface area contributed by atoms with E-state index in [1.807, 2.05) is 0 Å². The van der Waals surface area contributed by atoms with Crippen molar-refractivity contribution < 1.29 is 30.0 Å². The molecule has 0 radical (unpaired) electrons. The minimum atomic E-state index is -1.44. The highest BCUT2D eigenvalue weighted by atomic mass is 16.8. The van der Waals surface area contributed by atoms with Crippen LogP contribution in [0.5, 0.6) is 0 Å². The molecular formula is C6H13NO6. The zero-order valence-electron chi connectivity index (χ0n) is 6.78. The predicted molar refractivity (Wildman–Crippen MR) is 39.0 cm³/mol. The first-order chi connectivity index (χ1) is 6.11. The van der Waals surface area contributed by atoms with Crippen molar-refractivity contribution in [2.45, 2.75) is 30.7 Å². The molecule has 7 nitrogen and oxygen atoms in total. The van der Waals surface area contributed by atoms with E-state index in [4.69, 9.17) is 15.7 Å². The van der Waals surface area contributed by atoms with Crippen molar-refractivity contribution in [2.24, 2.45) is 5.90 Å². The molecule has 1 rings (SSSR count). The summed E-state index contributed by atoms with van der Waals surface area (Å²) in [7, 11) is 0. The summed E-state index contributed by atoms with van der Waals surface area (Å²) in [6.45, 7) is -0.495. The second-order valence-electron chi connectivity index (χ2n) is 2.83. The third-order valence-corrected chi connectivity index (χ3v) is 1.98. The van der Waals surface area contributed by atoms with E-state index < -0.39 is 37.3 Å². The molecule has 7 heteroatoms. The third-order valence-electron chi connectivity index (χ3n) is 1.98. The van der Waals surface area contributed by atoms with Gasteiger partial charge in [0.05, 0.1) is 6.61 Å². The lowest BCUT2D eigenvalue weighted by Gasteiger charge is -2.38. The Hall–Kier alpha value is -0.280. The molecule has 1 fully saturated rings. The topological polar surface area (TPSA) is 125 Å². The van der Waals surface area contributed by atoms with Crippen molar-refractivity contribution in [2.75, 3.05) is 6.61 Å². The van der Waals surface area contributed by atoms with Crippen molar-refractivity contribution in [3.8, 4) is 0 Å². The van der Waals surface area contributed by atoms with Gasteiger partial charge in [-0.2, -0.15) is 0 Å². The number of aliphatic hydroxyl groups is 4. The molecule has 0 spiro atoms. The van der Waals surface area contributed by atoms with Crippen LogP contribution in [0.15, 0.2) is 0 Å². The van der Waals surface area contributed by atoms with Gasteiger partial charge in [-0.1, -0.05) is 0 Å². The van der Waals surface area contributed by atoms with Gasteiger partial charge in [-0.3, -0.25) is 4.84 Å². The van der Waals surface area contributed by atoms with E-state index in [0.29, 0.717) is 0 Å². The molecule has 13 heavy (non-hydrogen) atoms. The molecule has 1 saturated heterocycles. The Morgan fingerprint density at radius 3 is 2.23 bits per heavy atom. The van der Waals surface area contributed by atoms with Gasteiger partial charge in [0, 0.05) is 0 Å². The van der Waals surface area contributed by atoms with Gasteiger partial charge in [0.15, 0.2) is 0 Å². The van der Waals surface area contributed by atoms with Crippen LogP contribution >= 0.6 is 0 Å². The highest BCUT2D eigenvalue weighted by Gasteiger charge is 2.43. The standard InChI is InChI=1S/C6H13NO6/c7-13-6-5(11)4(10)3(9)2(1-8)12-6/h2-6,8-11H,1,7H2. The summed E-state index contributed by atoms with van der Waals surface area (Å²) in [4.78, 5) is 4.20. The quantitative estimate of drug-likeness (QED) is 0.292. The number of nitrogens with two attached hydrogens (primary N) is 1. The van der Waals surface area contributed by atoms with E-state index in [9.17, 15) is 15.3 Å². The van der Waals surface area contributed by atoms with Crippen LogP contribution in [0, 0.1) is 0 Å². The fourth-order valence-electron chi connectivity index (χ4n) is 1.18. The minimum absolute atomic E-state index is 0.495. The van der Waals surface area contributed by atoms with Gasteiger partial charge in [-0.05, 0) is 0 Å². The van der Waals surface area contributed by atoms with Crippen molar-refractivity contribution in [3.63, 3.8) is 0 Å². The van der Waals surface area contributed by atoms with Crippen LogP contribution in [0.1, 0.15) is 0 Å². The lowest BCUT2D eigenvalue weighted by atomic mass is 9.99. The zero-order valence-corrected chi connectivity index (χ0v) is 6.78.